The van der Waals surface area contributed by atoms with Gasteiger partial charge in [-0.15, -0.1) is 0 Å². The number of carbonyl (C=O) groups is 1. The van der Waals surface area contributed by atoms with Crippen LogP contribution in [0.25, 0.3) is 16.8 Å². The molecule has 4 aromatic rings. The van der Waals surface area contributed by atoms with Crippen molar-refractivity contribution in [2.24, 2.45) is 0 Å². The van der Waals surface area contributed by atoms with E-state index in [0.29, 0.717) is 11.1 Å². The third kappa shape index (κ3) is 4.32. The molecule has 0 fully saturated rings. The fourth-order valence-corrected chi connectivity index (χ4v) is 5.04. The van der Waals surface area contributed by atoms with Crippen molar-refractivity contribution in [1.29, 1.82) is 0 Å². The highest BCUT2D eigenvalue weighted by molar-refractivity contribution is 7.92. The molecule has 2 aromatic carbocycles. The van der Waals surface area contributed by atoms with Crippen LogP contribution in [-0.4, -0.2) is 35.6 Å². The maximum absolute atomic E-state index is 12.7. The summed E-state index contributed by atoms with van der Waals surface area (Å²) in [6.07, 6.45) is 2.81. The molecule has 4 rings (SSSR count). The van der Waals surface area contributed by atoms with E-state index in [9.17, 15) is 13.2 Å². The number of benzene rings is 2. The standard InChI is InChI=1S/C21H17Cl2N5O4S/c1-2-32-21(29)14-11-26-28-19(24)13(10-25-20(14)28)12-7-8-17(16(23)9-12)27-33(30,31)18-6-4-3-5-15(18)22/h3-11,27H,2,24H2,1H3. The number of nitrogen functional groups attached to an aromatic ring is 1. The molecule has 0 spiro atoms. The van der Waals surface area contributed by atoms with Gasteiger partial charge in [0.05, 0.1) is 28.5 Å². The molecule has 33 heavy (non-hydrogen) atoms. The summed E-state index contributed by atoms with van der Waals surface area (Å²) in [7, 11) is -3.95. The molecule has 3 N–H and O–H groups in total. The Hall–Kier alpha value is -3.34. The lowest BCUT2D eigenvalue weighted by atomic mass is 10.1. The maximum Gasteiger partial charge on any atom is 0.343 e. The summed E-state index contributed by atoms with van der Waals surface area (Å²) in [5, 5.41) is 4.35. The second-order valence-electron chi connectivity index (χ2n) is 6.80. The van der Waals surface area contributed by atoms with E-state index >= 15 is 0 Å². The van der Waals surface area contributed by atoms with Crippen LogP contribution in [0.1, 0.15) is 17.3 Å². The van der Waals surface area contributed by atoms with E-state index in [1.165, 1.54) is 35.1 Å². The van der Waals surface area contributed by atoms with Gasteiger partial charge in [-0.1, -0.05) is 41.4 Å². The second-order valence-corrected chi connectivity index (χ2v) is 9.27. The molecular weight excluding hydrogens is 489 g/mol. The monoisotopic (exact) mass is 505 g/mol. The number of ether oxygens (including phenoxy) is 1. The molecule has 0 unspecified atom stereocenters. The maximum atomic E-state index is 12.7. The van der Waals surface area contributed by atoms with Gasteiger partial charge in [-0.2, -0.15) is 9.61 Å². The Morgan fingerprint density at radius 2 is 1.91 bits per heavy atom. The van der Waals surface area contributed by atoms with E-state index in [0.717, 1.165) is 0 Å². The molecule has 0 radical (unpaired) electrons. The number of aromatic nitrogens is 3. The number of hydrogen-bond acceptors (Lipinski definition) is 7. The van der Waals surface area contributed by atoms with Crippen LogP contribution < -0.4 is 10.5 Å². The Kier molecular flexibility index (Phi) is 6.15. The Balaban J connectivity index is 1.68. The highest BCUT2D eigenvalue weighted by Gasteiger charge is 2.21. The molecule has 0 atom stereocenters. The lowest BCUT2D eigenvalue weighted by Crippen LogP contribution is -2.13. The molecule has 0 aliphatic heterocycles. The Bertz CT molecular complexity index is 1490. The van der Waals surface area contributed by atoms with Gasteiger partial charge in [0.15, 0.2) is 5.65 Å². The van der Waals surface area contributed by atoms with Gasteiger partial charge in [0.25, 0.3) is 10.0 Å². The van der Waals surface area contributed by atoms with E-state index in [1.807, 2.05) is 0 Å². The predicted octanol–water partition coefficient (Wildman–Crippen LogP) is 4.26. The topological polar surface area (TPSA) is 129 Å². The molecule has 0 bridgehead atoms. The van der Waals surface area contributed by atoms with Crippen LogP contribution in [0.4, 0.5) is 11.5 Å². The Labute approximate surface area is 199 Å². The smallest absolute Gasteiger partial charge is 0.343 e. The minimum atomic E-state index is -3.95. The van der Waals surface area contributed by atoms with E-state index in [2.05, 4.69) is 14.8 Å². The molecule has 2 heterocycles. The number of nitrogens with two attached hydrogens (primary N) is 1. The number of carbonyl (C=O) groups excluding carboxylic acids is 1. The highest BCUT2D eigenvalue weighted by atomic mass is 35.5. The quantitative estimate of drug-likeness (QED) is 0.374. The number of sulfonamides is 1. The molecule has 9 nitrogen and oxygen atoms in total. The van der Waals surface area contributed by atoms with Gasteiger partial charge < -0.3 is 10.5 Å². The minimum absolute atomic E-state index is 0.0678. The number of nitrogens with zero attached hydrogens (tertiary/aromatic N) is 3. The highest BCUT2D eigenvalue weighted by Crippen LogP contribution is 2.33. The van der Waals surface area contributed by atoms with Gasteiger partial charge in [-0.3, -0.25) is 4.72 Å². The summed E-state index contributed by atoms with van der Waals surface area (Å²) in [6.45, 7) is 1.92. The molecule has 0 saturated carbocycles. The van der Waals surface area contributed by atoms with Crippen molar-refractivity contribution in [3.8, 4) is 11.1 Å². The molecular formula is C21H17Cl2N5O4S. The van der Waals surface area contributed by atoms with Crippen LogP contribution in [-0.2, 0) is 14.8 Å². The van der Waals surface area contributed by atoms with Crippen molar-refractivity contribution in [1.82, 2.24) is 14.6 Å². The number of halogens is 2. The number of esters is 1. The van der Waals surface area contributed by atoms with Crippen molar-refractivity contribution in [2.45, 2.75) is 11.8 Å². The first-order valence-corrected chi connectivity index (χ1v) is 11.8. The van der Waals surface area contributed by atoms with Crippen LogP contribution in [0.15, 0.2) is 59.8 Å². The Morgan fingerprint density at radius 1 is 1.15 bits per heavy atom. The summed E-state index contributed by atoms with van der Waals surface area (Å²) in [4.78, 5) is 16.3. The van der Waals surface area contributed by atoms with E-state index < -0.39 is 16.0 Å². The predicted molar refractivity (Wildman–Crippen MR) is 126 cm³/mol. The number of anilines is 2. The van der Waals surface area contributed by atoms with Gasteiger partial charge in [-0.25, -0.2) is 18.2 Å². The SMILES string of the molecule is CCOC(=O)c1cnn2c(N)c(-c3ccc(NS(=O)(=O)c4ccccc4Cl)c(Cl)c3)cnc12. The van der Waals surface area contributed by atoms with E-state index in [4.69, 9.17) is 33.7 Å². The average Bonchev–Trinajstić information content (AvgIpc) is 3.21. The van der Waals surface area contributed by atoms with E-state index in [-0.39, 0.29) is 44.3 Å². The van der Waals surface area contributed by atoms with Crippen LogP contribution in [0.3, 0.4) is 0 Å². The summed E-state index contributed by atoms with van der Waals surface area (Å²) in [5.74, 6) is -0.332. The summed E-state index contributed by atoms with van der Waals surface area (Å²) >= 11 is 12.4. The number of nitrogens with one attached hydrogen (secondary N) is 1. The zero-order valence-electron chi connectivity index (χ0n) is 17.1. The van der Waals surface area contributed by atoms with Crippen LogP contribution in [0.2, 0.25) is 10.0 Å². The largest absolute Gasteiger partial charge is 0.462 e. The lowest BCUT2D eigenvalue weighted by Gasteiger charge is -2.13. The van der Waals surface area contributed by atoms with Gasteiger partial charge in [0.2, 0.25) is 0 Å². The third-order valence-electron chi connectivity index (χ3n) is 4.71. The summed E-state index contributed by atoms with van der Waals surface area (Å²) < 4.78 is 34.2. The molecule has 12 heteroatoms. The molecule has 0 aliphatic carbocycles. The number of hydrogen-bond donors (Lipinski definition) is 2. The van der Waals surface area contributed by atoms with Crippen molar-refractivity contribution >= 4 is 56.3 Å². The first-order chi connectivity index (χ1) is 15.7. The fourth-order valence-electron chi connectivity index (χ4n) is 3.15. The average molecular weight is 506 g/mol. The van der Waals surface area contributed by atoms with Crippen molar-refractivity contribution < 1.29 is 17.9 Å². The third-order valence-corrected chi connectivity index (χ3v) is 6.89. The first kappa shape index (κ1) is 22.8. The molecule has 0 amide bonds. The van der Waals surface area contributed by atoms with Gasteiger partial charge in [0.1, 0.15) is 16.3 Å². The number of fused-ring (bicyclic) bond motifs is 1. The van der Waals surface area contributed by atoms with Gasteiger partial charge in [0, 0.05) is 11.8 Å². The minimum Gasteiger partial charge on any atom is -0.462 e. The zero-order valence-corrected chi connectivity index (χ0v) is 19.4. The molecule has 0 aliphatic rings. The van der Waals surface area contributed by atoms with Crippen LogP contribution in [0.5, 0.6) is 0 Å². The fraction of sp³-hybridized carbons (Fsp3) is 0.0952. The summed E-state index contributed by atoms with van der Waals surface area (Å²) in [6, 6.07) is 10.8. The summed E-state index contributed by atoms with van der Waals surface area (Å²) in [5.41, 5.74) is 7.93. The van der Waals surface area contributed by atoms with Crippen LogP contribution >= 0.6 is 23.2 Å². The van der Waals surface area contributed by atoms with Crippen LogP contribution in [0, 0.1) is 0 Å². The van der Waals surface area contributed by atoms with Gasteiger partial charge in [-0.05, 0) is 36.8 Å². The van der Waals surface area contributed by atoms with Crippen molar-refractivity contribution in [3.63, 3.8) is 0 Å². The molecule has 170 valence electrons. The Morgan fingerprint density at radius 3 is 2.61 bits per heavy atom. The van der Waals surface area contributed by atoms with Crippen molar-refractivity contribution in [2.75, 3.05) is 17.1 Å². The molecule has 0 saturated heterocycles. The first-order valence-electron chi connectivity index (χ1n) is 9.59. The molecule has 2 aromatic heterocycles. The second kappa shape index (κ2) is 8.89. The zero-order chi connectivity index (χ0) is 23.8. The lowest BCUT2D eigenvalue weighted by molar-refractivity contribution is 0.0528. The number of rotatable bonds is 6. The van der Waals surface area contributed by atoms with Crippen molar-refractivity contribution in [3.05, 3.63) is 70.5 Å². The van der Waals surface area contributed by atoms with E-state index in [1.54, 1.807) is 31.2 Å². The van der Waals surface area contributed by atoms with Gasteiger partial charge >= 0.3 is 5.97 Å². The normalized spacial score (nSPS) is 11.5.